The van der Waals surface area contributed by atoms with Crippen LogP contribution < -0.4 is 5.32 Å². The molecule has 0 radical (unpaired) electrons. The molecule has 0 spiro atoms. The molecule has 1 rings (SSSR count). The Morgan fingerprint density at radius 1 is 1.50 bits per heavy atom. The predicted molar refractivity (Wildman–Crippen MR) is 73.6 cm³/mol. The fourth-order valence-corrected chi connectivity index (χ4v) is 1.75. The molecule has 1 unspecified atom stereocenters. The third kappa shape index (κ3) is 5.44. The molecule has 1 heterocycles. The van der Waals surface area contributed by atoms with Gasteiger partial charge in [0.2, 0.25) is 0 Å². The zero-order valence-corrected chi connectivity index (χ0v) is 12.3. The van der Waals surface area contributed by atoms with Crippen LogP contribution in [0.25, 0.3) is 0 Å². The Kier molecular flexibility index (Phi) is 5.33. The van der Waals surface area contributed by atoms with E-state index in [1.807, 2.05) is 0 Å². The summed E-state index contributed by atoms with van der Waals surface area (Å²) in [5, 5.41) is 11.7. The van der Waals surface area contributed by atoms with Crippen LogP contribution in [0.5, 0.6) is 0 Å². The Morgan fingerprint density at radius 2 is 2.15 bits per heavy atom. The number of alkyl carbamates (subject to hydrolysis) is 1. The molecule has 0 aliphatic heterocycles. The third-order valence-electron chi connectivity index (χ3n) is 2.19. The van der Waals surface area contributed by atoms with Crippen molar-refractivity contribution in [2.75, 3.05) is 0 Å². The number of ether oxygens (including phenoxy) is 1. The summed E-state index contributed by atoms with van der Waals surface area (Å²) in [5.41, 5.74) is -0.381. The maximum atomic E-state index is 11.7. The molecule has 110 valence electrons. The lowest BCUT2D eigenvalue weighted by molar-refractivity contribution is -0.137. The number of carboxylic acids is 1. The Morgan fingerprint density at radius 3 is 2.65 bits per heavy atom. The van der Waals surface area contributed by atoms with Crippen molar-refractivity contribution in [2.24, 2.45) is 0 Å². The minimum Gasteiger partial charge on any atom is -0.481 e. The largest absolute Gasteiger partial charge is 0.481 e. The first-order valence-corrected chi connectivity index (χ1v) is 6.38. The van der Waals surface area contributed by atoms with E-state index in [4.69, 9.17) is 21.4 Å². The quantitative estimate of drug-likeness (QED) is 0.892. The summed E-state index contributed by atoms with van der Waals surface area (Å²) in [6, 6.07) is 2.35. The van der Waals surface area contributed by atoms with E-state index in [9.17, 15) is 9.59 Å². The molecule has 7 heteroatoms. The van der Waals surface area contributed by atoms with Gasteiger partial charge in [0.1, 0.15) is 5.60 Å². The Balaban J connectivity index is 2.88. The number of carboxylic acid groups (broad SMARTS) is 1. The van der Waals surface area contributed by atoms with Gasteiger partial charge in [0.05, 0.1) is 23.2 Å². The van der Waals surface area contributed by atoms with Gasteiger partial charge in [-0.05, 0) is 32.9 Å². The monoisotopic (exact) mass is 300 g/mol. The molecule has 1 aromatic heterocycles. The van der Waals surface area contributed by atoms with E-state index < -0.39 is 23.7 Å². The van der Waals surface area contributed by atoms with Crippen LogP contribution in [-0.2, 0) is 9.53 Å². The van der Waals surface area contributed by atoms with Gasteiger partial charge in [-0.2, -0.15) is 0 Å². The normalized spacial score (nSPS) is 12.6. The molecule has 1 aromatic rings. The summed E-state index contributed by atoms with van der Waals surface area (Å²) in [5.74, 6) is -1.08. The number of rotatable bonds is 4. The summed E-state index contributed by atoms with van der Waals surface area (Å²) in [6.45, 7) is 5.14. The highest BCUT2D eigenvalue weighted by Gasteiger charge is 2.24. The van der Waals surface area contributed by atoms with Crippen LogP contribution in [0.2, 0.25) is 5.02 Å². The number of halogens is 1. The van der Waals surface area contributed by atoms with Gasteiger partial charge >= 0.3 is 12.1 Å². The second-order valence-corrected chi connectivity index (χ2v) is 5.57. The molecule has 0 bridgehead atoms. The van der Waals surface area contributed by atoms with Crippen molar-refractivity contribution in [1.29, 1.82) is 0 Å². The zero-order valence-electron chi connectivity index (χ0n) is 11.5. The number of nitrogens with one attached hydrogen (secondary N) is 1. The van der Waals surface area contributed by atoms with Gasteiger partial charge in [-0.1, -0.05) is 11.6 Å². The highest BCUT2D eigenvalue weighted by molar-refractivity contribution is 6.31. The van der Waals surface area contributed by atoms with E-state index in [1.54, 1.807) is 32.9 Å². The summed E-state index contributed by atoms with van der Waals surface area (Å²) in [7, 11) is 0. The van der Waals surface area contributed by atoms with Crippen molar-refractivity contribution < 1.29 is 19.4 Å². The molecule has 1 atom stereocenters. The molecule has 0 aliphatic carbocycles. The minimum absolute atomic E-state index is 0.287. The fourth-order valence-electron chi connectivity index (χ4n) is 1.49. The molecule has 0 saturated heterocycles. The minimum atomic E-state index is -1.08. The Bertz CT molecular complexity index is 499. The summed E-state index contributed by atoms with van der Waals surface area (Å²) < 4.78 is 5.10. The van der Waals surface area contributed by atoms with E-state index in [1.165, 1.54) is 6.20 Å². The average molecular weight is 301 g/mol. The number of amides is 1. The lowest BCUT2D eigenvalue weighted by Crippen LogP contribution is -2.36. The van der Waals surface area contributed by atoms with Crippen LogP contribution in [0, 0.1) is 0 Å². The molecule has 0 aromatic carbocycles. The first kappa shape index (κ1) is 16.2. The van der Waals surface area contributed by atoms with Crippen LogP contribution in [0.1, 0.15) is 38.9 Å². The van der Waals surface area contributed by atoms with Gasteiger partial charge in [-0.3, -0.25) is 9.78 Å². The smallest absolute Gasteiger partial charge is 0.408 e. The molecular weight excluding hydrogens is 284 g/mol. The Labute approximate surface area is 122 Å². The second-order valence-electron chi connectivity index (χ2n) is 5.17. The van der Waals surface area contributed by atoms with Crippen molar-refractivity contribution in [3.63, 3.8) is 0 Å². The number of aliphatic carboxylic acids is 1. The van der Waals surface area contributed by atoms with Crippen molar-refractivity contribution in [3.05, 3.63) is 29.0 Å². The molecule has 6 nitrogen and oxygen atoms in total. The summed E-state index contributed by atoms with van der Waals surface area (Å²) >= 11 is 5.97. The van der Waals surface area contributed by atoms with E-state index in [-0.39, 0.29) is 11.4 Å². The number of pyridine rings is 1. The van der Waals surface area contributed by atoms with E-state index >= 15 is 0 Å². The first-order valence-electron chi connectivity index (χ1n) is 6.01. The van der Waals surface area contributed by atoms with Crippen LogP contribution in [0.4, 0.5) is 4.79 Å². The molecule has 1 amide bonds. The maximum absolute atomic E-state index is 11.7. The molecule has 0 aliphatic rings. The number of hydrogen-bond acceptors (Lipinski definition) is 4. The van der Waals surface area contributed by atoms with Gasteiger partial charge < -0.3 is 15.2 Å². The number of hydrogen-bond donors (Lipinski definition) is 2. The molecule has 2 N–H and O–H groups in total. The summed E-state index contributed by atoms with van der Waals surface area (Å²) in [6.07, 6.45) is 0.425. The van der Waals surface area contributed by atoms with Crippen molar-refractivity contribution in [1.82, 2.24) is 10.3 Å². The highest BCUT2D eigenvalue weighted by atomic mass is 35.5. The average Bonchev–Trinajstić information content (AvgIpc) is 2.25. The van der Waals surface area contributed by atoms with Gasteiger partial charge in [0.15, 0.2) is 0 Å². The lowest BCUT2D eigenvalue weighted by atomic mass is 10.1. The van der Waals surface area contributed by atoms with Crippen molar-refractivity contribution in [2.45, 2.75) is 38.8 Å². The number of carbonyl (C=O) groups is 2. The lowest BCUT2D eigenvalue weighted by Gasteiger charge is -2.23. The van der Waals surface area contributed by atoms with Crippen molar-refractivity contribution >= 4 is 23.7 Å². The molecule has 0 saturated carbocycles. The van der Waals surface area contributed by atoms with Gasteiger partial charge in [-0.25, -0.2) is 4.79 Å². The van der Waals surface area contributed by atoms with E-state index in [0.717, 1.165) is 0 Å². The first-order chi connectivity index (χ1) is 9.19. The molecular formula is C13H17ClN2O4. The molecule has 0 fully saturated rings. The van der Waals surface area contributed by atoms with E-state index in [0.29, 0.717) is 5.69 Å². The Hall–Kier alpha value is -1.82. The predicted octanol–water partition coefficient (Wildman–Crippen LogP) is 2.78. The summed E-state index contributed by atoms with van der Waals surface area (Å²) in [4.78, 5) is 26.7. The number of aromatic nitrogens is 1. The third-order valence-corrected chi connectivity index (χ3v) is 2.51. The van der Waals surface area contributed by atoms with Crippen molar-refractivity contribution in [3.8, 4) is 0 Å². The number of nitrogens with zero attached hydrogens (tertiary/aromatic N) is 1. The number of carbonyl (C=O) groups excluding carboxylic acids is 1. The van der Waals surface area contributed by atoms with Gasteiger partial charge in [0, 0.05) is 6.20 Å². The van der Waals surface area contributed by atoms with Crippen LogP contribution in [-0.4, -0.2) is 27.8 Å². The van der Waals surface area contributed by atoms with E-state index in [2.05, 4.69) is 10.3 Å². The zero-order chi connectivity index (χ0) is 15.3. The highest BCUT2D eigenvalue weighted by Crippen LogP contribution is 2.23. The second kappa shape index (κ2) is 6.56. The SMILES string of the molecule is CC(C)(C)OC(=O)NC(CC(=O)O)c1ncccc1Cl. The van der Waals surface area contributed by atoms with Gasteiger partial charge in [-0.15, -0.1) is 0 Å². The maximum Gasteiger partial charge on any atom is 0.408 e. The standard InChI is InChI=1S/C13H17ClN2O4/c1-13(2,3)20-12(19)16-9(7-10(17)18)11-8(14)5-4-6-15-11/h4-6,9H,7H2,1-3H3,(H,16,19)(H,17,18). The van der Waals surface area contributed by atoms with Gasteiger partial charge in [0.25, 0.3) is 0 Å². The fraction of sp³-hybridized carbons (Fsp3) is 0.462. The topological polar surface area (TPSA) is 88.5 Å². The van der Waals surface area contributed by atoms with Crippen LogP contribution in [0.15, 0.2) is 18.3 Å². The molecule has 20 heavy (non-hydrogen) atoms. The van der Waals surface area contributed by atoms with Crippen LogP contribution >= 0.6 is 11.6 Å². The van der Waals surface area contributed by atoms with Crippen LogP contribution in [0.3, 0.4) is 0 Å².